The van der Waals surface area contributed by atoms with Gasteiger partial charge < -0.3 is 10.2 Å². The molecule has 1 atom stereocenters. The lowest BCUT2D eigenvalue weighted by Crippen LogP contribution is -2.40. The molecule has 4 nitrogen and oxygen atoms in total. The second-order valence-corrected chi connectivity index (χ2v) is 5.76. The van der Waals surface area contributed by atoms with E-state index in [0.717, 1.165) is 19.6 Å². The monoisotopic (exact) mass is 293 g/mol. The van der Waals surface area contributed by atoms with Crippen molar-refractivity contribution in [1.29, 1.82) is 0 Å². The molecule has 1 aliphatic rings. The molecule has 21 heavy (non-hydrogen) atoms. The van der Waals surface area contributed by atoms with Crippen molar-refractivity contribution in [2.24, 2.45) is 0 Å². The Labute approximate surface area is 125 Å². The highest BCUT2D eigenvalue weighted by Gasteiger charge is 2.23. The van der Waals surface area contributed by atoms with Gasteiger partial charge in [-0.1, -0.05) is 12.1 Å². The number of carbonyl (C=O) groups excluding carboxylic acids is 1. The number of benzene rings is 1. The molecule has 1 N–H and O–H groups in total. The fourth-order valence-corrected chi connectivity index (χ4v) is 2.80. The van der Waals surface area contributed by atoms with Crippen molar-refractivity contribution in [3.8, 4) is 0 Å². The van der Waals surface area contributed by atoms with Crippen LogP contribution in [-0.2, 0) is 4.79 Å². The van der Waals surface area contributed by atoms with E-state index in [-0.39, 0.29) is 11.7 Å². The third-order valence-electron chi connectivity index (χ3n) is 3.86. The number of amides is 1. The van der Waals surface area contributed by atoms with Gasteiger partial charge in [-0.2, -0.15) is 0 Å². The zero-order valence-corrected chi connectivity index (χ0v) is 12.8. The van der Waals surface area contributed by atoms with E-state index in [4.69, 9.17) is 0 Å². The Morgan fingerprint density at radius 3 is 2.71 bits per heavy atom. The lowest BCUT2D eigenvalue weighted by Gasteiger charge is -2.24. The van der Waals surface area contributed by atoms with Crippen molar-refractivity contribution in [2.45, 2.75) is 18.9 Å². The first-order valence-electron chi connectivity index (χ1n) is 7.50. The Morgan fingerprint density at radius 2 is 2.10 bits per heavy atom. The molecule has 1 fully saturated rings. The van der Waals surface area contributed by atoms with Gasteiger partial charge in [0.1, 0.15) is 11.9 Å². The Bertz CT molecular complexity index is 472. The second kappa shape index (κ2) is 7.52. The van der Waals surface area contributed by atoms with E-state index in [1.54, 1.807) is 17.0 Å². The molecule has 0 saturated carbocycles. The maximum atomic E-state index is 13.4. The number of nitrogens with zero attached hydrogens (tertiary/aromatic N) is 2. The van der Waals surface area contributed by atoms with Gasteiger partial charge in [0.25, 0.3) is 0 Å². The molecule has 1 aromatic carbocycles. The van der Waals surface area contributed by atoms with Crippen LogP contribution < -0.4 is 5.32 Å². The average molecular weight is 293 g/mol. The van der Waals surface area contributed by atoms with Gasteiger partial charge in [-0.05, 0) is 57.7 Å². The Balaban J connectivity index is 1.92. The largest absolute Gasteiger partial charge is 0.353 e. The van der Waals surface area contributed by atoms with E-state index >= 15 is 0 Å². The quantitative estimate of drug-likeness (QED) is 0.866. The van der Waals surface area contributed by atoms with Gasteiger partial charge in [0.15, 0.2) is 0 Å². The van der Waals surface area contributed by atoms with Crippen LogP contribution in [0.2, 0.25) is 0 Å². The Kier molecular flexibility index (Phi) is 5.70. The molecule has 0 aromatic heterocycles. The van der Waals surface area contributed by atoms with Gasteiger partial charge in [0, 0.05) is 13.1 Å². The second-order valence-electron chi connectivity index (χ2n) is 5.76. The minimum atomic E-state index is -0.459. The molecule has 0 bridgehead atoms. The summed E-state index contributed by atoms with van der Waals surface area (Å²) in [4.78, 5) is 16.5. The summed E-state index contributed by atoms with van der Waals surface area (Å²) in [6, 6.07) is 5.78. The van der Waals surface area contributed by atoms with Crippen LogP contribution in [-0.4, -0.2) is 56.0 Å². The lowest BCUT2D eigenvalue weighted by molar-refractivity contribution is -0.125. The zero-order chi connectivity index (χ0) is 15.2. The first kappa shape index (κ1) is 15.9. The van der Waals surface area contributed by atoms with E-state index in [0.29, 0.717) is 12.1 Å². The summed E-state index contributed by atoms with van der Waals surface area (Å²) in [6.45, 7) is 3.77. The zero-order valence-electron chi connectivity index (χ0n) is 12.8. The van der Waals surface area contributed by atoms with Crippen molar-refractivity contribution < 1.29 is 9.18 Å². The first-order chi connectivity index (χ1) is 10.1. The van der Waals surface area contributed by atoms with Crippen LogP contribution in [0.15, 0.2) is 24.3 Å². The van der Waals surface area contributed by atoms with Gasteiger partial charge in [0.05, 0.1) is 0 Å². The fourth-order valence-electron chi connectivity index (χ4n) is 2.80. The molecule has 1 saturated heterocycles. The van der Waals surface area contributed by atoms with Crippen molar-refractivity contribution in [3.05, 3.63) is 35.6 Å². The summed E-state index contributed by atoms with van der Waals surface area (Å²) in [6.07, 6.45) is 2.50. The standard InChI is InChI=1S/C16H24FN3O/c1-19(2)15(13-6-5-7-14(17)12-13)16(21)18-8-11-20-9-3-4-10-20/h5-7,12,15H,3-4,8-11H2,1-2H3,(H,18,21)/t15-/m1/s1. The van der Waals surface area contributed by atoms with Crippen LogP contribution in [0.25, 0.3) is 0 Å². The summed E-state index contributed by atoms with van der Waals surface area (Å²) < 4.78 is 13.4. The number of halogens is 1. The number of nitrogens with one attached hydrogen (secondary N) is 1. The van der Waals surface area contributed by atoms with Crippen molar-refractivity contribution in [2.75, 3.05) is 40.3 Å². The van der Waals surface area contributed by atoms with Crippen LogP contribution in [0, 0.1) is 5.82 Å². The number of hydrogen-bond acceptors (Lipinski definition) is 3. The molecule has 0 spiro atoms. The van der Waals surface area contributed by atoms with Crippen molar-refractivity contribution in [1.82, 2.24) is 15.1 Å². The van der Waals surface area contributed by atoms with Gasteiger partial charge in [-0.25, -0.2) is 4.39 Å². The SMILES string of the molecule is CN(C)[C@@H](C(=O)NCCN1CCCC1)c1cccc(F)c1. The lowest BCUT2D eigenvalue weighted by atomic mass is 10.1. The summed E-state index contributed by atoms with van der Waals surface area (Å²) in [5.74, 6) is -0.394. The molecular formula is C16H24FN3O. The van der Waals surface area contributed by atoms with Crippen molar-refractivity contribution in [3.63, 3.8) is 0 Å². The molecule has 1 aliphatic heterocycles. The maximum Gasteiger partial charge on any atom is 0.241 e. The molecule has 116 valence electrons. The minimum absolute atomic E-state index is 0.0789. The van der Waals surface area contributed by atoms with E-state index in [9.17, 15) is 9.18 Å². The number of carbonyl (C=O) groups is 1. The molecule has 1 amide bonds. The average Bonchev–Trinajstić information content (AvgIpc) is 2.91. The van der Waals surface area contributed by atoms with Gasteiger partial charge in [0.2, 0.25) is 5.91 Å². The summed E-state index contributed by atoms with van der Waals surface area (Å²) in [7, 11) is 3.66. The molecule has 0 aliphatic carbocycles. The van der Waals surface area contributed by atoms with Crippen LogP contribution >= 0.6 is 0 Å². The minimum Gasteiger partial charge on any atom is -0.353 e. The fraction of sp³-hybridized carbons (Fsp3) is 0.562. The Morgan fingerprint density at radius 1 is 1.38 bits per heavy atom. The molecule has 0 unspecified atom stereocenters. The number of hydrogen-bond donors (Lipinski definition) is 1. The molecular weight excluding hydrogens is 269 g/mol. The summed E-state index contributed by atoms with van der Waals surface area (Å²) >= 11 is 0. The molecule has 5 heteroatoms. The van der Waals surface area contributed by atoms with E-state index < -0.39 is 6.04 Å². The number of likely N-dealkylation sites (N-methyl/N-ethyl adjacent to an activating group) is 1. The molecule has 2 rings (SSSR count). The van der Waals surface area contributed by atoms with Crippen LogP contribution in [0.1, 0.15) is 24.4 Å². The molecule has 1 aromatic rings. The normalized spacial score (nSPS) is 17.1. The highest BCUT2D eigenvalue weighted by Crippen LogP contribution is 2.19. The first-order valence-corrected chi connectivity index (χ1v) is 7.50. The van der Waals surface area contributed by atoms with E-state index in [1.807, 2.05) is 14.1 Å². The highest BCUT2D eigenvalue weighted by atomic mass is 19.1. The third-order valence-corrected chi connectivity index (χ3v) is 3.86. The summed E-state index contributed by atoms with van der Waals surface area (Å²) in [5, 5.41) is 2.96. The predicted octanol–water partition coefficient (Wildman–Crippen LogP) is 1.64. The Hall–Kier alpha value is -1.46. The van der Waals surface area contributed by atoms with Gasteiger partial charge in [-0.15, -0.1) is 0 Å². The van der Waals surface area contributed by atoms with Gasteiger partial charge in [-0.3, -0.25) is 9.69 Å². The van der Waals surface area contributed by atoms with Crippen LogP contribution in [0.3, 0.4) is 0 Å². The topological polar surface area (TPSA) is 35.6 Å². The van der Waals surface area contributed by atoms with E-state index in [1.165, 1.54) is 25.0 Å². The number of likely N-dealkylation sites (tertiary alicyclic amines) is 1. The van der Waals surface area contributed by atoms with E-state index in [2.05, 4.69) is 10.2 Å². The smallest absolute Gasteiger partial charge is 0.241 e. The predicted molar refractivity (Wildman–Crippen MR) is 81.5 cm³/mol. The molecule has 0 radical (unpaired) electrons. The van der Waals surface area contributed by atoms with Crippen LogP contribution in [0.5, 0.6) is 0 Å². The number of rotatable bonds is 6. The van der Waals surface area contributed by atoms with Crippen LogP contribution in [0.4, 0.5) is 4.39 Å². The van der Waals surface area contributed by atoms with Gasteiger partial charge >= 0.3 is 0 Å². The third kappa shape index (κ3) is 4.51. The molecule has 1 heterocycles. The summed E-state index contributed by atoms with van der Waals surface area (Å²) in [5.41, 5.74) is 0.679. The highest BCUT2D eigenvalue weighted by molar-refractivity contribution is 5.83. The van der Waals surface area contributed by atoms with Crippen molar-refractivity contribution >= 4 is 5.91 Å². The maximum absolute atomic E-state index is 13.4.